The summed E-state index contributed by atoms with van der Waals surface area (Å²) in [7, 11) is -3.78. The fraction of sp³-hybridized carbons (Fsp3) is 0.684. The molecule has 2 unspecified atom stereocenters. The summed E-state index contributed by atoms with van der Waals surface area (Å²) in [5.41, 5.74) is -0.450. The smallest absolute Gasteiger partial charge is 0.312 e. The quantitative estimate of drug-likeness (QED) is 0.426. The van der Waals surface area contributed by atoms with Gasteiger partial charge >= 0.3 is 5.69 Å². The number of hydrogen-bond acceptors (Lipinski definition) is 8. The Labute approximate surface area is 176 Å². The van der Waals surface area contributed by atoms with Gasteiger partial charge in [-0.05, 0) is 44.4 Å². The molecule has 2 fully saturated rings. The molecule has 3 rings (SSSR count). The summed E-state index contributed by atoms with van der Waals surface area (Å²) in [5, 5.41) is 31.3. The predicted octanol–water partition coefficient (Wildman–Crippen LogP) is 0.966. The highest BCUT2D eigenvalue weighted by atomic mass is 32.2. The van der Waals surface area contributed by atoms with Crippen molar-refractivity contribution in [1.29, 1.82) is 0 Å². The first-order valence-electron chi connectivity index (χ1n) is 10.3. The van der Waals surface area contributed by atoms with E-state index in [0.29, 0.717) is 19.6 Å². The molecule has 2 aliphatic heterocycles. The Morgan fingerprint density at radius 1 is 1.20 bits per heavy atom. The summed E-state index contributed by atoms with van der Waals surface area (Å²) in [6.45, 7) is 1.73. The molecule has 2 N–H and O–H groups in total. The molecular weight excluding hydrogens is 414 g/mol. The maximum Gasteiger partial charge on any atom is 0.312 e. The van der Waals surface area contributed by atoms with Gasteiger partial charge in [-0.1, -0.05) is 6.42 Å². The number of nitro groups is 1. The van der Waals surface area contributed by atoms with Crippen LogP contribution in [0, 0.1) is 10.1 Å². The zero-order valence-corrected chi connectivity index (χ0v) is 17.7. The Balaban J connectivity index is 1.67. The van der Waals surface area contributed by atoms with Crippen molar-refractivity contribution >= 4 is 15.7 Å². The van der Waals surface area contributed by atoms with Gasteiger partial charge in [0.25, 0.3) is 0 Å². The number of nitrogens with zero attached hydrogens (tertiary/aromatic N) is 3. The van der Waals surface area contributed by atoms with Gasteiger partial charge in [0.2, 0.25) is 10.0 Å². The largest absolute Gasteiger partial charge is 0.484 e. The molecule has 0 amide bonds. The van der Waals surface area contributed by atoms with E-state index < -0.39 is 26.7 Å². The maximum absolute atomic E-state index is 12.7. The van der Waals surface area contributed by atoms with Crippen molar-refractivity contribution < 1.29 is 28.3 Å². The van der Waals surface area contributed by atoms with E-state index in [0.717, 1.165) is 44.7 Å². The summed E-state index contributed by atoms with van der Waals surface area (Å²) in [4.78, 5) is 12.7. The van der Waals surface area contributed by atoms with Gasteiger partial charge in [0.15, 0.2) is 5.75 Å². The average molecular weight is 444 g/mol. The van der Waals surface area contributed by atoms with E-state index in [1.54, 1.807) is 0 Å². The molecule has 0 saturated carbocycles. The molecule has 11 heteroatoms. The monoisotopic (exact) mass is 443 g/mol. The summed E-state index contributed by atoms with van der Waals surface area (Å²) in [5.74, 6) is -0.0863. The van der Waals surface area contributed by atoms with Crippen LogP contribution in [0.25, 0.3) is 0 Å². The number of hydrogen-bond donors (Lipinski definition) is 2. The van der Waals surface area contributed by atoms with Crippen molar-refractivity contribution in [3.05, 3.63) is 28.3 Å². The second kappa shape index (κ2) is 10.0. The topological polar surface area (TPSA) is 133 Å². The van der Waals surface area contributed by atoms with Crippen molar-refractivity contribution in [1.82, 2.24) is 9.21 Å². The molecule has 0 spiro atoms. The first kappa shape index (κ1) is 22.9. The first-order valence-corrected chi connectivity index (χ1v) is 11.7. The number of piperidine rings is 1. The first-order chi connectivity index (χ1) is 14.3. The van der Waals surface area contributed by atoms with Gasteiger partial charge < -0.3 is 14.9 Å². The van der Waals surface area contributed by atoms with Gasteiger partial charge in [0.1, 0.15) is 12.7 Å². The third kappa shape index (κ3) is 5.27. The van der Waals surface area contributed by atoms with E-state index in [2.05, 4.69) is 0 Å². The normalized spacial score (nSPS) is 22.1. The zero-order chi connectivity index (χ0) is 21.7. The molecule has 2 atom stereocenters. The van der Waals surface area contributed by atoms with Gasteiger partial charge in [0, 0.05) is 31.7 Å². The lowest BCUT2D eigenvalue weighted by atomic mass is 10.0. The molecule has 0 aliphatic carbocycles. The van der Waals surface area contributed by atoms with E-state index in [4.69, 9.17) is 4.74 Å². The maximum atomic E-state index is 12.7. The summed E-state index contributed by atoms with van der Waals surface area (Å²) < 4.78 is 32.1. The molecule has 2 heterocycles. The van der Waals surface area contributed by atoms with E-state index >= 15 is 0 Å². The Morgan fingerprint density at radius 3 is 2.57 bits per heavy atom. The second-order valence-electron chi connectivity index (χ2n) is 7.79. The zero-order valence-electron chi connectivity index (χ0n) is 16.9. The SMILES string of the molecule is O=[N+]([O-])c1cc(S(=O)(=O)N2CCCC2)ccc1OCC(O)CN1CCCCC1CO. The lowest BCUT2D eigenvalue weighted by molar-refractivity contribution is -0.386. The highest BCUT2D eigenvalue weighted by Crippen LogP contribution is 2.32. The molecule has 0 radical (unpaired) electrons. The third-order valence-corrected chi connectivity index (χ3v) is 7.56. The fourth-order valence-electron chi connectivity index (χ4n) is 4.02. The van der Waals surface area contributed by atoms with Crippen LogP contribution >= 0.6 is 0 Å². The van der Waals surface area contributed by atoms with E-state index in [9.17, 15) is 28.7 Å². The minimum absolute atomic E-state index is 0.00202. The molecular formula is C19H29N3O7S. The molecule has 168 valence electrons. The number of β-amino-alcohol motifs (C(OH)–C–C–N with tert-alkyl or cyclic N) is 1. The minimum Gasteiger partial charge on any atom is -0.484 e. The Bertz CT molecular complexity index is 843. The summed E-state index contributed by atoms with van der Waals surface area (Å²) >= 11 is 0. The van der Waals surface area contributed by atoms with Gasteiger partial charge in [0.05, 0.1) is 16.4 Å². The Morgan fingerprint density at radius 2 is 1.90 bits per heavy atom. The molecule has 10 nitrogen and oxygen atoms in total. The number of sulfonamides is 1. The van der Waals surface area contributed by atoms with E-state index in [1.807, 2.05) is 4.90 Å². The summed E-state index contributed by atoms with van der Waals surface area (Å²) in [6, 6.07) is 3.58. The van der Waals surface area contributed by atoms with Crippen LogP contribution in [0.4, 0.5) is 5.69 Å². The number of nitro benzene ring substituents is 1. The highest BCUT2D eigenvalue weighted by Gasteiger charge is 2.30. The molecule has 1 aromatic rings. The van der Waals surface area contributed by atoms with Crippen LogP contribution in [0.3, 0.4) is 0 Å². The predicted molar refractivity (Wildman–Crippen MR) is 109 cm³/mol. The number of rotatable bonds is 9. The average Bonchev–Trinajstić information content (AvgIpc) is 3.28. The van der Waals surface area contributed by atoms with E-state index in [-0.39, 0.29) is 29.9 Å². The number of ether oxygens (including phenoxy) is 1. The van der Waals surface area contributed by atoms with Crippen LogP contribution in [0.5, 0.6) is 5.75 Å². The van der Waals surface area contributed by atoms with Crippen LogP contribution in [0.2, 0.25) is 0 Å². The van der Waals surface area contributed by atoms with Gasteiger partial charge in [-0.2, -0.15) is 4.31 Å². The Kier molecular flexibility index (Phi) is 7.64. The number of aliphatic hydroxyl groups excluding tert-OH is 2. The molecule has 0 bridgehead atoms. The molecule has 0 aromatic heterocycles. The van der Waals surface area contributed by atoms with Gasteiger partial charge in [-0.3, -0.25) is 15.0 Å². The lowest BCUT2D eigenvalue weighted by Gasteiger charge is -2.35. The van der Waals surface area contributed by atoms with Crippen LogP contribution in [-0.2, 0) is 10.0 Å². The minimum atomic E-state index is -3.78. The third-order valence-electron chi connectivity index (χ3n) is 5.67. The second-order valence-corrected chi connectivity index (χ2v) is 9.73. The molecule has 30 heavy (non-hydrogen) atoms. The van der Waals surface area contributed by atoms with Crippen molar-refractivity contribution in [2.45, 2.75) is 49.1 Å². The Hall–Kier alpha value is -1.79. The van der Waals surface area contributed by atoms with Crippen LogP contribution in [-0.4, -0.2) is 84.3 Å². The van der Waals surface area contributed by atoms with Crippen LogP contribution in [0.15, 0.2) is 23.1 Å². The van der Waals surface area contributed by atoms with Crippen LogP contribution < -0.4 is 4.74 Å². The number of benzene rings is 1. The number of likely N-dealkylation sites (tertiary alicyclic amines) is 1. The lowest BCUT2D eigenvalue weighted by Crippen LogP contribution is -2.46. The molecule has 1 aromatic carbocycles. The van der Waals surface area contributed by atoms with Crippen molar-refractivity contribution in [2.75, 3.05) is 39.4 Å². The van der Waals surface area contributed by atoms with Gasteiger partial charge in [-0.25, -0.2) is 8.42 Å². The van der Waals surface area contributed by atoms with Crippen LogP contribution in [0.1, 0.15) is 32.1 Å². The van der Waals surface area contributed by atoms with Crippen molar-refractivity contribution in [3.63, 3.8) is 0 Å². The molecule has 2 aliphatic rings. The van der Waals surface area contributed by atoms with Crippen molar-refractivity contribution in [2.24, 2.45) is 0 Å². The number of aliphatic hydroxyl groups is 2. The highest BCUT2D eigenvalue weighted by molar-refractivity contribution is 7.89. The van der Waals surface area contributed by atoms with Crippen molar-refractivity contribution in [3.8, 4) is 5.75 Å². The summed E-state index contributed by atoms with van der Waals surface area (Å²) in [6.07, 6.45) is 3.53. The van der Waals surface area contributed by atoms with E-state index in [1.165, 1.54) is 16.4 Å². The van der Waals surface area contributed by atoms with Gasteiger partial charge in [-0.15, -0.1) is 0 Å². The standard InChI is InChI=1S/C19H29N3O7S/c23-13-15-5-1-2-8-20(15)12-16(24)14-29-19-7-6-17(11-18(19)22(25)26)30(27,28)21-9-3-4-10-21/h6-7,11,15-16,23-24H,1-5,8-10,12-14H2. The molecule has 2 saturated heterocycles. The fourth-order valence-corrected chi connectivity index (χ4v) is 5.55.